The van der Waals surface area contributed by atoms with Gasteiger partial charge in [0.05, 0.1) is 38.6 Å². The Morgan fingerprint density at radius 2 is 0.868 bits per heavy atom. The Labute approximate surface area is 454 Å². The lowest BCUT2D eigenvalue weighted by atomic mass is 9.96. The molecule has 3 heterocycles. The van der Waals surface area contributed by atoms with Gasteiger partial charge >= 0.3 is 0 Å². The topological polar surface area (TPSA) is 307 Å². The van der Waals surface area contributed by atoms with Gasteiger partial charge < -0.3 is 89.9 Å². The fourth-order valence-corrected chi connectivity index (χ4v) is 10.1. The first-order chi connectivity index (χ1) is 36.8. The van der Waals surface area contributed by atoms with Crippen LogP contribution >= 0.6 is 0 Å². The van der Waals surface area contributed by atoms with E-state index in [1.165, 1.54) is 103 Å². The minimum atomic E-state index is -1.97. The van der Waals surface area contributed by atoms with E-state index in [0.29, 0.717) is 12.8 Å². The first kappa shape index (κ1) is 68.5. The Bertz CT molecular complexity index is 1490. The Hall–Kier alpha value is -1.73. The molecule has 76 heavy (non-hydrogen) atoms. The Kier molecular flexibility index (Phi) is 37.2. The maximum atomic E-state index is 13.2. The maximum Gasteiger partial charge on any atom is 0.220 e. The molecule has 0 bridgehead atoms. The number of allylic oxidation sites excluding steroid dienone is 4. The molecular weight excluding hydrogens is 987 g/mol. The zero-order chi connectivity index (χ0) is 55.5. The summed E-state index contributed by atoms with van der Waals surface area (Å²) < 4.78 is 34.1. The average molecular weight is 1090 g/mol. The molecule has 3 rings (SSSR count). The van der Waals surface area contributed by atoms with E-state index in [0.717, 1.165) is 64.2 Å². The van der Waals surface area contributed by atoms with Crippen molar-refractivity contribution in [3.63, 3.8) is 0 Å². The number of hydrogen-bond donors (Lipinski definition) is 12. The second kappa shape index (κ2) is 41.3. The molecular formula is C57H105NO18. The van der Waals surface area contributed by atoms with Crippen molar-refractivity contribution in [2.24, 2.45) is 0 Å². The molecule has 0 radical (unpaired) electrons. The summed E-state index contributed by atoms with van der Waals surface area (Å²) in [4.78, 5) is 13.2. The smallest absolute Gasteiger partial charge is 0.220 e. The van der Waals surface area contributed by atoms with E-state index >= 15 is 0 Å². The number of aliphatic hydroxyl groups excluding tert-OH is 11. The number of hydrogen-bond acceptors (Lipinski definition) is 18. The molecule has 17 atom stereocenters. The normalized spacial score (nSPS) is 31.1. The highest BCUT2D eigenvalue weighted by Crippen LogP contribution is 2.33. The molecule has 19 nitrogen and oxygen atoms in total. The number of nitrogens with one attached hydrogen (secondary N) is 1. The summed E-state index contributed by atoms with van der Waals surface area (Å²) in [6, 6.07) is -0.882. The molecule has 0 spiro atoms. The lowest BCUT2D eigenvalue weighted by Crippen LogP contribution is -2.66. The molecule has 0 aromatic carbocycles. The van der Waals surface area contributed by atoms with Gasteiger partial charge in [-0.05, 0) is 44.9 Å². The van der Waals surface area contributed by atoms with Gasteiger partial charge in [-0.3, -0.25) is 4.79 Å². The predicted octanol–water partition coefficient (Wildman–Crippen LogP) is 4.76. The summed E-state index contributed by atoms with van der Waals surface area (Å²) >= 11 is 0. The first-order valence-electron chi connectivity index (χ1n) is 29.6. The average Bonchev–Trinajstić information content (AvgIpc) is 3.42. The summed E-state index contributed by atoms with van der Waals surface area (Å²) in [5.74, 6) is -0.249. The zero-order valence-electron chi connectivity index (χ0n) is 46.2. The van der Waals surface area contributed by atoms with Crippen molar-refractivity contribution >= 4 is 5.91 Å². The van der Waals surface area contributed by atoms with Crippen LogP contribution in [0.3, 0.4) is 0 Å². The van der Waals surface area contributed by atoms with E-state index in [2.05, 4.69) is 43.5 Å². The number of rotatable bonds is 43. The van der Waals surface area contributed by atoms with Gasteiger partial charge in [0.1, 0.15) is 73.2 Å². The monoisotopic (exact) mass is 1090 g/mol. The van der Waals surface area contributed by atoms with Crippen LogP contribution in [0, 0.1) is 0 Å². The van der Waals surface area contributed by atoms with Crippen LogP contribution in [0.4, 0.5) is 0 Å². The van der Waals surface area contributed by atoms with Crippen LogP contribution in [-0.2, 0) is 33.2 Å². The lowest BCUT2D eigenvalue weighted by Gasteiger charge is -2.48. The Morgan fingerprint density at radius 3 is 1.34 bits per heavy atom. The van der Waals surface area contributed by atoms with Crippen molar-refractivity contribution in [2.75, 3.05) is 26.4 Å². The molecule has 0 aromatic heterocycles. The minimum absolute atomic E-state index is 0.249. The van der Waals surface area contributed by atoms with E-state index < -0.39 is 124 Å². The number of carbonyl (C=O) groups is 1. The second-order valence-corrected chi connectivity index (χ2v) is 21.5. The molecule has 17 unspecified atom stereocenters. The summed E-state index contributed by atoms with van der Waals surface area (Å²) in [5.41, 5.74) is 0. The summed E-state index contributed by atoms with van der Waals surface area (Å²) in [6.45, 7) is 1.69. The van der Waals surface area contributed by atoms with E-state index in [1.807, 2.05) is 0 Å². The molecule has 3 aliphatic rings. The van der Waals surface area contributed by atoms with Crippen molar-refractivity contribution in [1.29, 1.82) is 0 Å². The molecule has 3 fully saturated rings. The first-order valence-corrected chi connectivity index (χ1v) is 29.6. The third-order valence-corrected chi connectivity index (χ3v) is 15.0. The van der Waals surface area contributed by atoms with Gasteiger partial charge in [0.15, 0.2) is 18.9 Å². The van der Waals surface area contributed by atoms with E-state index in [-0.39, 0.29) is 18.9 Å². The van der Waals surface area contributed by atoms with Gasteiger partial charge in [0.2, 0.25) is 5.91 Å². The van der Waals surface area contributed by atoms with Crippen molar-refractivity contribution < 1.29 is 89.4 Å². The van der Waals surface area contributed by atoms with Gasteiger partial charge in [-0.15, -0.1) is 0 Å². The summed E-state index contributed by atoms with van der Waals surface area (Å²) in [7, 11) is 0. The van der Waals surface area contributed by atoms with Crippen LogP contribution in [0.2, 0.25) is 0 Å². The highest BCUT2D eigenvalue weighted by Gasteiger charge is 2.53. The quantitative estimate of drug-likeness (QED) is 0.0289. The standard InChI is InChI=1S/C57H105NO18/c1-3-5-7-9-11-12-13-14-15-16-17-18-19-20-21-22-23-24-25-26-27-28-29-31-33-35-45(63)58-40(41(62)34-32-30-10-8-6-4-2)39-71-55-51(69)48(66)53(43(37-60)73-55)76-57-52(70)49(67)54(44(38-61)74-57)75-56-50(68)47(65)46(64)42(36-59)72-56/h13-14,16-17,40-44,46-57,59-62,64-70H,3-12,15,18-39H2,1-2H3,(H,58,63)/b14-13-,17-16-. The molecule has 19 heteroatoms. The maximum absolute atomic E-state index is 13.2. The van der Waals surface area contributed by atoms with Gasteiger partial charge in [0.25, 0.3) is 0 Å². The molecule has 446 valence electrons. The van der Waals surface area contributed by atoms with Gasteiger partial charge in [-0.25, -0.2) is 0 Å². The molecule has 0 aromatic rings. The van der Waals surface area contributed by atoms with E-state index in [9.17, 15) is 61.0 Å². The zero-order valence-corrected chi connectivity index (χ0v) is 46.2. The largest absolute Gasteiger partial charge is 0.394 e. The third-order valence-electron chi connectivity index (χ3n) is 15.0. The van der Waals surface area contributed by atoms with Crippen LogP contribution in [0.1, 0.15) is 200 Å². The Morgan fingerprint density at radius 1 is 0.474 bits per heavy atom. The van der Waals surface area contributed by atoms with Crippen molar-refractivity contribution in [2.45, 2.75) is 304 Å². The minimum Gasteiger partial charge on any atom is -0.394 e. The second-order valence-electron chi connectivity index (χ2n) is 21.5. The van der Waals surface area contributed by atoms with Gasteiger partial charge in [0, 0.05) is 6.42 Å². The lowest BCUT2D eigenvalue weighted by molar-refractivity contribution is -0.379. The van der Waals surface area contributed by atoms with Crippen LogP contribution in [0.5, 0.6) is 0 Å². The van der Waals surface area contributed by atoms with Crippen LogP contribution in [-0.4, -0.2) is 193 Å². The SMILES string of the molecule is CCCCCCC/C=C\C/C=C\CCCCCCCCCCCCCCCC(=O)NC(COC1OC(CO)C(OC2OC(CO)C(OC3OC(CO)C(O)C(O)C3O)C(O)C2O)C(O)C1O)C(O)CCCCCCCC. The molecule has 3 aliphatic heterocycles. The van der Waals surface area contributed by atoms with Crippen LogP contribution in [0.15, 0.2) is 24.3 Å². The molecule has 0 aliphatic carbocycles. The summed E-state index contributed by atoms with van der Waals surface area (Å²) in [6.07, 6.45) is 14.7. The number of amides is 1. The summed E-state index contributed by atoms with van der Waals surface area (Å²) in [5, 5.41) is 120. The third kappa shape index (κ3) is 25.4. The number of unbranched alkanes of at least 4 members (excludes halogenated alkanes) is 23. The molecule has 0 saturated carbocycles. The number of aliphatic hydroxyl groups is 11. The van der Waals surface area contributed by atoms with Gasteiger partial charge in [-0.2, -0.15) is 0 Å². The number of ether oxygens (including phenoxy) is 6. The van der Waals surface area contributed by atoms with E-state index in [4.69, 9.17) is 28.4 Å². The van der Waals surface area contributed by atoms with Gasteiger partial charge in [-0.1, -0.05) is 173 Å². The van der Waals surface area contributed by atoms with Crippen LogP contribution < -0.4 is 5.32 Å². The van der Waals surface area contributed by atoms with E-state index in [1.54, 1.807) is 0 Å². The fourth-order valence-electron chi connectivity index (χ4n) is 10.1. The molecule has 1 amide bonds. The highest BCUT2D eigenvalue weighted by molar-refractivity contribution is 5.76. The van der Waals surface area contributed by atoms with Crippen molar-refractivity contribution in [3.8, 4) is 0 Å². The molecule has 3 saturated heterocycles. The van der Waals surface area contributed by atoms with Crippen LogP contribution in [0.25, 0.3) is 0 Å². The number of carbonyl (C=O) groups excluding carboxylic acids is 1. The predicted molar refractivity (Wildman–Crippen MR) is 286 cm³/mol. The van der Waals surface area contributed by atoms with Crippen molar-refractivity contribution in [3.05, 3.63) is 24.3 Å². The fraction of sp³-hybridized carbons (Fsp3) is 0.912. The highest BCUT2D eigenvalue weighted by atomic mass is 16.8. The Balaban J connectivity index is 1.38. The molecule has 12 N–H and O–H groups in total. The van der Waals surface area contributed by atoms with Crippen molar-refractivity contribution in [1.82, 2.24) is 5.32 Å².